The van der Waals surface area contributed by atoms with E-state index in [2.05, 4.69) is 140 Å². The molecule has 1 heteroatoms. The predicted octanol–water partition coefficient (Wildman–Crippen LogP) is 8.50. The molecule has 0 N–H and O–H groups in total. The van der Waals surface area contributed by atoms with Crippen LogP contribution in [0.3, 0.4) is 0 Å². The third-order valence-corrected chi connectivity index (χ3v) is 5.40. The Balaban J connectivity index is 1.58. The molecule has 0 bridgehead atoms. The molecule has 152 valence electrons. The molecule has 4 rings (SSSR count). The number of aryl methyl sites for hydroxylation is 2. The Hall–Kier alpha value is -3.84. The van der Waals surface area contributed by atoms with Gasteiger partial charge < -0.3 is 4.90 Å². The minimum Gasteiger partial charge on any atom is -0.310 e. The molecular weight excluding hydrogens is 374 g/mol. The third-order valence-electron chi connectivity index (χ3n) is 5.40. The van der Waals surface area contributed by atoms with Crippen molar-refractivity contribution in [2.24, 2.45) is 0 Å². The maximum Gasteiger partial charge on any atom is 0.0464 e. The lowest BCUT2D eigenvalue weighted by molar-refractivity contribution is 1.25. The van der Waals surface area contributed by atoms with Crippen LogP contribution in [0.5, 0.6) is 0 Å². The Bertz CT molecular complexity index is 1170. The lowest BCUT2D eigenvalue weighted by Crippen LogP contribution is -2.10. The minimum atomic E-state index is 1.14. The minimum absolute atomic E-state index is 1.14. The standard InChI is InChI=1S/C30H27N/c1-24-17-20-30(23-25(24)2)31(28-15-7-4-8-16-28)29-21-18-27(19-22-29)14-10-9-13-26-11-5-3-6-12-26/h3-23H,1-2H3/b13-9+,14-10+. The van der Waals surface area contributed by atoms with Crippen LogP contribution in [0.1, 0.15) is 22.3 Å². The lowest BCUT2D eigenvalue weighted by atomic mass is 10.1. The van der Waals surface area contributed by atoms with Crippen molar-refractivity contribution in [2.45, 2.75) is 13.8 Å². The second-order valence-corrected chi connectivity index (χ2v) is 7.66. The summed E-state index contributed by atoms with van der Waals surface area (Å²) in [7, 11) is 0. The van der Waals surface area contributed by atoms with Crippen LogP contribution in [0.2, 0.25) is 0 Å². The van der Waals surface area contributed by atoms with Gasteiger partial charge in [0.2, 0.25) is 0 Å². The largest absolute Gasteiger partial charge is 0.310 e. The van der Waals surface area contributed by atoms with Gasteiger partial charge in [0.15, 0.2) is 0 Å². The van der Waals surface area contributed by atoms with Crippen molar-refractivity contribution in [1.82, 2.24) is 0 Å². The van der Waals surface area contributed by atoms with Gasteiger partial charge in [-0.05, 0) is 72.5 Å². The van der Waals surface area contributed by atoms with Crippen LogP contribution in [0.15, 0.2) is 115 Å². The van der Waals surface area contributed by atoms with Crippen LogP contribution >= 0.6 is 0 Å². The highest BCUT2D eigenvalue weighted by Crippen LogP contribution is 2.35. The number of nitrogens with zero attached hydrogens (tertiary/aromatic N) is 1. The number of rotatable bonds is 6. The van der Waals surface area contributed by atoms with Gasteiger partial charge in [0.25, 0.3) is 0 Å². The number of hydrogen-bond donors (Lipinski definition) is 0. The first-order valence-electron chi connectivity index (χ1n) is 10.6. The molecule has 4 aromatic carbocycles. The number of allylic oxidation sites excluding steroid dienone is 2. The van der Waals surface area contributed by atoms with Gasteiger partial charge in [-0.1, -0.05) is 91.0 Å². The number of para-hydroxylation sites is 1. The van der Waals surface area contributed by atoms with E-state index in [0.717, 1.165) is 11.4 Å². The van der Waals surface area contributed by atoms with E-state index in [9.17, 15) is 0 Å². The highest BCUT2D eigenvalue weighted by molar-refractivity contribution is 5.77. The van der Waals surface area contributed by atoms with E-state index in [1.807, 2.05) is 6.07 Å². The van der Waals surface area contributed by atoms with Gasteiger partial charge in [-0.2, -0.15) is 0 Å². The summed E-state index contributed by atoms with van der Waals surface area (Å²) in [6.07, 6.45) is 8.41. The van der Waals surface area contributed by atoms with E-state index in [-0.39, 0.29) is 0 Å². The SMILES string of the molecule is Cc1ccc(N(c2ccccc2)c2ccc(/C=C/C=C/c3ccccc3)cc2)cc1C. The van der Waals surface area contributed by atoms with Crippen LogP contribution < -0.4 is 4.90 Å². The second kappa shape index (κ2) is 9.77. The highest BCUT2D eigenvalue weighted by Gasteiger charge is 2.12. The van der Waals surface area contributed by atoms with Crippen molar-refractivity contribution in [3.63, 3.8) is 0 Å². The van der Waals surface area contributed by atoms with Gasteiger partial charge in [-0.15, -0.1) is 0 Å². The topological polar surface area (TPSA) is 3.24 Å². The van der Waals surface area contributed by atoms with Gasteiger partial charge in [-0.25, -0.2) is 0 Å². The van der Waals surface area contributed by atoms with E-state index in [4.69, 9.17) is 0 Å². The Morgan fingerprint density at radius 3 is 1.61 bits per heavy atom. The molecule has 0 saturated carbocycles. The van der Waals surface area contributed by atoms with Crippen molar-refractivity contribution in [3.05, 3.63) is 138 Å². The number of benzene rings is 4. The van der Waals surface area contributed by atoms with Gasteiger partial charge in [0, 0.05) is 17.1 Å². The highest BCUT2D eigenvalue weighted by atomic mass is 15.1. The zero-order valence-electron chi connectivity index (χ0n) is 18.1. The zero-order chi connectivity index (χ0) is 21.5. The van der Waals surface area contributed by atoms with Gasteiger partial charge in [0.1, 0.15) is 0 Å². The van der Waals surface area contributed by atoms with Crippen LogP contribution in [-0.2, 0) is 0 Å². The predicted molar refractivity (Wildman–Crippen MR) is 135 cm³/mol. The summed E-state index contributed by atoms with van der Waals surface area (Å²) in [5.74, 6) is 0. The van der Waals surface area contributed by atoms with Crippen molar-refractivity contribution in [2.75, 3.05) is 4.90 Å². The molecule has 0 aliphatic rings. The quantitative estimate of drug-likeness (QED) is 0.293. The fraction of sp³-hybridized carbons (Fsp3) is 0.0667. The molecule has 0 aliphatic carbocycles. The summed E-state index contributed by atoms with van der Waals surface area (Å²) in [4.78, 5) is 2.30. The molecular formula is C30H27N. The molecule has 0 aliphatic heterocycles. The first-order valence-corrected chi connectivity index (χ1v) is 10.6. The van der Waals surface area contributed by atoms with E-state index >= 15 is 0 Å². The molecule has 0 saturated heterocycles. The summed E-state index contributed by atoms with van der Waals surface area (Å²) in [6.45, 7) is 4.32. The maximum absolute atomic E-state index is 2.30. The van der Waals surface area contributed by atoms with E-state index in [0.29, 0.717) is 0 Å². The van der Waals surface area contributed by atoms with Crippen LogP contribution in [0.4, 0.5) is 17.1 Å². The summed E-state index contributed by atoms with van der Waals surface area (Å²) < 4.78 is 0. The normalized spacial score (nSPS) is 11.3. The molecule has 31 heavy (non-hydrogen) atoms. The average molecular weight is 402 g/mol. The van der Waals surface area contributed by atoms with Gasteiger partial charge >= 0.3 is 0 Å². The smallest absolute Gasteiger partial charge is 0.0464 e. The zero-order valence-corrected chi connectivity index (χ0v) is 18.1. The molecule has 0 fully saturated rings. The van der Waals surface area contributed by atoms with Crippen molar-refractivity contribution >= 4 is 29.2 Å². The molecule has 0 atom stereocenters. The molecule has 0 unspecified atom stereocenters. The summed E-state index contributed by atoms with van der Waals surface area (Å²) in [5.41, 5.74) is 8.45. The number of hydrogen-bond acceptors (Lipinski definition) is 1. The second-order valence-electron chi connectivity index (χ2n) is 7.66. The Morgan fingerprint density at radius 2 is 1.00 bits per heavy atom. The first kappa shape index (κ1) is 20.4. The maximum atomic E-state index is 2.30. The Kier molecular flexibility index (Phi) is 6.44. The van der Waals surface area contributed by atoms with E-state index in [1.54, 1.807) is 0 Å². The first-order chi connectivity index (χ1) is 15.2. The summed E-state index contributed by atoms with van der Waals surface area (Å²) in [6, 6.07) is 36.2. The third kappa shape index (κ3) is 5.21. The Morgan fingerprint density at radius 1 is 0.484 bits per heavy atom. The molecule has 0 heterocycles. The molecule has 0 radical (unpaired) electrons. The Labute approximate surface area is 185 Å². The summed E-state index contributed by atoms with van der Waals surface area (Å²) in [5, 5.41) is 0. The van der Waals surface area contributed by atoms with Gasteiger partial charge in [-0.3, -0.25) is 0 Å². The van der Waals surface area contributed by atoms with Crippen molar-refractivity contribution < 1.29 is 0 Å². The molecule has 4 aromatic rings. The van der Waals surface area contributed by atoms with Crippen molar-refractivity contribution in [3.8, 4) is 0 Å². The van der Waals surface area contributed by atoms with Crippen LogP contribution in [0.25, 0.3) is 12.2 Å². The van der Waals surface area contributed by atoms with E-state index in [1.165, 1.54) is 27.9 Å². The molecule has 0 amide bonds. The fourth-order valence-electron chi connectivity index (χ4n) is 3.52. The molecule has 1 nitrogen and oxygen atoms in total. The van der Waals surface area contributed by atoms with Gasteiger partial charge in [0.05, 0.1) is 0 Å². The monoisotopic (exact) mass is 401 g/mol. The average Bonchev–Trinajstić information content (AvgIpc) is 2.82. The van der Waals surface area contributed by atoms with E-state index < -0.39 is 0 Å². The summed E-state index contributed by atoms with van der Waals surface area (Å²) >= 11 is 0. The number of anilines is 3. The van der Waals surface area contributed by atoms with Crippen LogP contribution in [-0.4, -0.2) is 0 Å². The fourth-order valence-corrected chi connectivity index (χ4v) is 3.52. The van der Waals surface area contributed by atoms with Crippen molar-refractivity contribution in [1.29, 1.82) is 0 Å². The molecule has 0 spiro atoms. The molecule has 0 aromatic heterocycles. The van der Waals surface area contributed by atoms with Crippen LogP contribution in [0, 0.1) is 13.8 Å². The lowest BCUT2D eigenvalue weighted by Gasteiger charge is -2.26.